The zero-order chi connectivity index (χ0) is 18.8. The van der Waals surface area contributed by atoms with Crippen molar-refractivity contribution in [2.45, 2.75) is 19.6 Å². The van der Waals surface area contributed by atoms with E-state index in [0.717, 1.165) is 11.1 Å². The fraction of sp³-hybridized carbons (Fsp3) is 0.158. The molecule has 2 heterocycles. The lowest BCUT2D eigenvalue weighted by atomic mass is 9.96. The summed E-state index contributed by atoms with van der Waals surface area (Å²) in [6.45, 7) is 1.97. The van der Waals surface area contributed by atoms with Crippen LogP contribution in [0.25, 0.3) is 0 Å². The van der Waals surface area contributed by atoms with Crippen LogP contribution in [0.5, 0.6) is 0 Å². The highest BCUT2D eigenvalue weighted by molar-refractivity contribution is 6.31. The van der Waals surface area contributed by atoms with E-state index in [2.05, 4.69) is 20.8 Å². The van der Waals surface area contributed by atoms with Gasteiger partial charge in [-0.1, -0.05) is 65.2 Å². The number of carbonyl (C=O) groups excluding carboxylic acids is 1. The Hall–Kier alpha value is -3.19. The zero-order valence-electron chi connectivity index (χ0n) is 14.5. The summed E-state index contributed by atoms with van der Waals surface area (Å²) in [4.78, 5) is 13.0. The van der Waals surface area contributed by atoms with E-state index in [-0.39, 0.29) is 6.61 Å². The first kappa shape index (κ1) is 17.2. The second kappa shape index (κ2) is 7.20. The maximum absolute atomic E-state index is 13.0. The molecule has 8 heteroatoms. The largest absolute Gasteiger partial charge is 0.457 e. The molecule has 0 radical (unpaired) electrons. The van der Waals surface area contributed by atoms with Crippen molar-refractivity contribution in [2.75, 3.05) is 5.32 Å². The van der Waals surface area contributed by atoms with Gasteiger partial charge < -0.3 is 10.1 Å². The Morgan fingerprint density at radius 2 is 1.93 bits per heavy atom. The number of aromatic nitrogens is 4. The van der Waals surface area contributed by atoms with Crippen molar-refractivity contribution in [2.24, 2.45) is 0 Å². The minimum Gasteiger partial charge on any atom is -0.457 e. The van der Waals surface area contributed by atoms with Crippen LogP contribution in [0.1, 0.15) is 24.1 Å². The molecule has 2 aromatic carbocycles. The van der Waals surface area contributed by atoms with Gasteiger partial charge in [-0.05, 0) is 29.0 Å². The van der Waals surface area contributed by atoms with E-state index in [9.17, 15) is 4.79 Å². The van der Waals surface area contributed by atoms with Crippen LogP contribution < -0.4 is 5.32 Å². The number of halogens is 1. The topological polar surface area (TPSA) is 81.9 Å². The molecule has 0 spiro atoms. The maximum Gasteiger partial charge on any atom is 0.338 e. The molecule has 7 nitrogen and oxygen atoms in total. The van der Waals surface area contributed by atoms with Crippen LogP contribution in [-0.2, 0) is 16.1 Å². The number of benzene rings is 2. The molecule has 27 heavy (non-hydrogen) atoms. The van der Waals surface area contributed by atoms with Gasteiger partial charge in [0.2, 0.25) is 5.95 Å². The highest BCUT2D eigenvalue weighted by Crippen LogP contribution is 2.37. The molecule has 0 unspecified atom stereocenters. The normalized spacial score (nSPS) is 15.9. The number of anilines is 1. The third-order valence-corrected chi connectivity index (χ3v) is 4.69. The number of carbonyl (C=O) groups is 1. The summed E-state index contributed by atoms with van der Waals surface area (Å²) in [6, 6.07) is 16.2. The fourth-order valence-electron chi connectivity index (χ4n) is 3.06. The summed E-state index contributed by atoms with van der Waals surface area (Å²) in [5, 5.41) is 15.3. The van der Waals surface area contributed by atoms with E-state index in [1.54, 1.807) is 13.0 Å². The molecule has 1 aliphatic heterocycles. The van der Waals surface area contributed by atoms with Crippen molar-refractivity contribution in [3.05, 3.63) is 82.0 Å². The molecule has 0 saturated heterocycles. The molecular formula is C19H16ClN5O2. The number of nitrogens with zero attached hydrogens (tertiary/aromatic N) is 4. The number of ether oxygens (including phenoxy) is 1. The molecule has 136 valence electrons. The number of hydrogen-bond donors (Lipinski definition) is 1. The third kappa shape index (κ3) is 3.29. The molecule has 0 fully saturated rings. The molecule has 3 aromatic rings. The second-order valence-corrected chi connectivity index (χ2v) is 6.50. The van der Waals surface area contributed by atoms with Crippen LogP contribution in [0.15, 0.2) is 65.9 Å². The van der Waals surface area contributed by atoms with Crippen molar-refractivity contribution in [3.63, 3.8) is 0 Å². The standard InChI is InChI=1S/C19H16ClN5O2/c1-12-16(18(26)27-11-13-7-3-2-4-8-13)17(14-9-5-6-10-15(14)20)25-19(21-12)22-23-24-25/h2-10,17H,11H2,1H3,(H,21,22,24)/t17-/m0/s1. The summed E-state index contributed by atoms with van der Waals surface area (Å²) in [7, 11) is 0. The number of allylic oxidation sites excluding steroid dienone is 1. The van der Waals surface area contributed by atoms with E-state index < -0.39 is 12.0 Å². The van der Waals surface area contributed by atoms with Gasteiger partial charge in [0.05, 0.1) is 5.57 Å². The van der Waals surface area contributed by atoms with Gasteiger partial charge in [0, 0.05) is 16.3 Å². The van der Waals surface area contributed by atoms with Gasteiger partial charge in [-0.3, -0.25) is 0 Å². The number of hydrogen-bond acceptors (Lipinski definition) is 6. The predicted octanol–water partition coefficient (Wildman–Crippen LogP) is 3.36. The van der Waals surface area contributed by atoms with Gasteiger partial charge >= 0.3 is 5.97 Å². The summed E-state index contributed by atoms with van der Waals surface area (Å²) < 4.78 is 7.09. The van der Waals surface area contributed by atoms with E-state index in [1.807, 2.05) is 48.5 Å². The van der Waals surface area contributed by atoms with Crippen LogP contribution in [0, 0.1) is 0 Å². The lowest BCUT2D eigenvalue weighted by molar-refractivity contribution is -0.140. The Balaban J connectivity index is 1.70. The van der Waals surface area contributed by atoms with Crippen LogP contribution in [-0.4, -0.2) is 26.2 Å². The van der Waals surface area contributed by atoms with E-state index in [1.165, 1.54) is 4.68 Å². The first-order valence-electron chi connectivity index (χ1n) is 8.36. The molecule has 0 aliphatic carbocycles. The van der Waals surface area contributed by atoms with Crippen molar-refractivity contribution < 1.29 is 9.53 Å². The Labute approximate surface area is 160 Å². The zero-order valence-corrected chi connectivity index (χ0v) is 15.2. The van der Waals surface area contributed by atoms with E-state index in [0.29, 0.717) is 22.2 Å². The van der Waals surface area contributed by atoms with Crippen molar-refractivity contribution >= 4 is 23.5 Å². The summed E-state index contributed by atoms with van der Waals surface area (Å²) in [5.74, 6) is -0.00745. The summed E-state index contributed by atoms with van der Waals surface area (Å²) in [6.07, 6.45) is 0. The monoisotopic (exact) mass is 381 g/mol. The second-order valence-electron chi connectivity index (χ2n) is 6.10. The number of rotatable bonds is 4. The van der Waals surface area contributed by atoms with Gasteiger partial charge in [-0.2, -0.15) is 4.68 Å². The third-order valence-electron chi connectivity index (χ3n) is 4.35. The Kier molecular flexibility index (Phi) is 4.60. The molecule has 4 rings (SSSR count). The number of nitrogens with one attached hydrogen (secondary N) is 1. The molecule has 1 N–H and O–H groups in total. The van der Waals surface area contributed by atoms with E-state index >= 15 is 0 Å². The first-order chi connectivity index (χ1) is 13.1. The molecule has 0 amide bonds. The molecule has 0 bridgehead atoms. The van der Waals surface area contributed by atoms with Gasteiger partial charge in [-0.25, -0.2) is 4.79 Å². The smallest absolute Gasteiger partial charge is 0.338 e. The Bertz CT molecular complexity index is 1020. The van der Waals surface area contributed by atoms with Gasteiger partial charge in [0.25, 0.3) is 0 Å². The molecule has 0 saturated carbocycles. The van der Waals surface area contributed by atoms with Gasteiger partial charge in [0.15, 0.2) is 0 Å². The average molecular weight is 382 g/mol. The molecule has 1 atom stereocenters. The van der Waals surface area contributed by atoms with Crippen molar-refractivity contribution in [3.8, 4) is 0 Å². The number of tetrazole rings is 1. The van der Waals surface area contributed by atoms with Crippen LogP contribution >= 0.6 is 11.6 Å². The van der Waals surface area contributed by atoms with Crippen LogP contribution in [0.2, 0.25) is 5.02 Å². The predicted molar refractivity (Wildman–Crippen MR) is 100.0 cm³/mol. The Morgan fingerprint density at radius 3 is 2.70 bits per heavy atom. The van der Waals surface area contributed by atoms with Gasteiger partial charge in [0.1, 0.15) is 12.6 Å². The minimum absolute atomic E-state index is 0.175. The highest BCUT2D eigenvalue weighted by atomic mass is 35.5. The Morgan fingerprint density at radius 1 is 1.19 bits per heavy atom. The van der Waals surface area contributed by atoms with Crippen LogP contribution in [0.4, 0.5) is 5.95 Å². The first-order valence-corrected chi connectivity index (χ1v) is 8.74. The quantitative estimate of drug-likeness (QED) is 0.698. The maximum atomic E-state index is 13.0. The van der Waals surface area contributed by atoms with E-state index in [4.69, 9.17) is 16.3 Å². The van der Waals surface area contributed by atoms with Crippen molar-refractivity contribution in [1.82, 2.24) is 20.2 Å². The van der Waals surface area contributed by atoms with Crippen LogP contribution in [0.3, 0.4) is 0 Å². The highest BCUT2D eigenvalue weighted by Gasteiger charge is 2.35. The lowest BCUT2D eigenvalue weighted by Crippen LogP contribution is -2.29. The fourth-order valence-corrected chi connectivity index (χ4v) is 3.30. The SMILES string of the molecule is CC1=C(C(=O)OCc2ccccc2)[C@H](c2ccccc2Cl)n2nnnc2N1. The molecular weight excluding hydrogens is 366 g/mol. The summed E-state index contributed by atoms with van der Waals surface area (Å²) >= 11 is 6.40. The summed E-state index contributed by atoms with van der Waals surface area (Å²) in [5.41, 5.74) is 2.67. The van der Waals surface area contributed by atoms with Gasteiger partial charge in [-0.15, -0.1) is 0 Å². The number of fused-ring (bicyclic) bond motifs is 1. The van der Waals surface area contributed by atoms with Crippen molar-refractivity contribution in [1.29, 1.82) is 0 Å². The minimum atomic E-state index is -0.576. The number of esters is 1. The molecule has 1 aliphatic rings. The lowest BCUT2D eigenvalue weighted by Gasteiger charge is -2.27. The molecule has 1 aromatic heterocycles. The average Bonchev–Trinajstić information content (AvgIpc) is 3.14.